The van der Waals surface area contributed by atoms with Gasteiger partial charge in [0.25, 0.3) is 0 Å². The van der Waals surface area contributed by atoms with Crippen LogP contribution in [-0.4, -0.2) is 0 Å². The maximum Gasteiger partial charge on any atom is 1.00 e. The Balaban J connectivity index is 0.00000217. The molecule has 0 heterocycles. The summed E-state index contributed by atoms with van der Waals surface area (Å²) in [6.07, 6.45) is 0.959. The molecule has 0 N–H and O–H groups in total. The Morgan fingerprint density at radius 1 is 0.471 bits per heavy atom. The van der Waals surface area contributed by atoms with E-state index < -0.39 is 0 Å². The molecule has 0 fully saturated rings. The van der Waals surface area contributed by atoms with Crippen molar-refractivity contribution in [2.75, 3.05) is 0 Å². The van der Waals surface area contributed by atoms with Crippen LogP contribution in [0.4, 0.5) is 0 Å². The van der Waals surface area contributed by atoms with E-state index in [0.717, 1.165) is 6.42 Å². The van der Waals surface area contributed by atoms with E-state index in [9.17, 15) is 0 Å². The van der Waals surface area contributed by atoms with Crippen LogP contribution in [0.1, 0.15) is 11.1 Å². The summed E-state index contributed by atoms with van der Waals surface area (Å²) in [5.74, 6) is 0. The smallest absolute Gasteiger partial charge is 0.179 e. The quantitative estimate of drug-likeness (QED) is 0.247. The molecular weight excluding hydrogens is 403 g/mol. The molecule has 7 rings (SSSR count). The van der Waals surface area contributed by atoms with E-state index in [0.29, 0.717) is 0 Å². The summed E-state index contributed by atoms with van der Waals surface area (Å²) in [6, 6.07) is 45.6. The molecule has 1 aliphatic rings. The van der Waals surface area contributed by atoms with Gasteiger partial charge < -0.3 is 0 Å². The van der Waals surface area contributed by atoms with Gasteiger partial charge in [0.2, 0.25) is 0 Å². The van der Waals surface area contributed by atoms with Gasteiger partial charge in [-0.15, -0.1) is 11.1 Å². The van der Waals surface area contributed by atoms with Gasteiger partial charge in [0, 0.05) is 0 Å². The Hall–Kier alpha value is -3.56. The first-order chi connectivity index (χ1) is 16.3. The van der Waals surface area contributed by atoms with Crippen molar-refractivity contribution >= 4 is 21.5 Å². The van der Waals surface area contributed by atoms with Crippen molar-refractivity contribution in [1.82, 2.24) is 0 Å². The summed E-state index contributed by atoms with van der Waals surface area (Å²) >= 11 is 0. The van der Waals surface area contributed by atoms with Crippen molar-refractivity contribution in [2.45, 2.75) is 6.42 Å². The molecule has 0 bridgehead atoms. The topological polar surface area (TPSA) is 0 Å². The van der Waals surface area contributed by atoms with Gasteiger partial charge in [0.05, 0.1) is 0 Å². The molecule has 34 heavy (non-hydrogen) atoms. The van der Waals surface area contributed by atoms with Crippen LogP contribution in [0.15, 0.2) is 115 Å². The van der Waals surface area contributed by atoms with E-state index in [1.54, 1.807) is 0 Å². The van der Waals surface area contributed by atoms with Crippen molar-refractivity contribution < 1.29 is 18.9 Å². The number of benzene rings is 6. The van der Waals surface area contributed by atoms with E-state index in [-0.39, 0.29) is 18.9 Å². The maximum absolute atomic E-state index is 3.59. The molecule has 0 saturated heterocycles. The molecule has 0 amide bonds. The van der Waals surface area contributed by atoms with Crippen LogP contribution in [-0.2, 0) is 6.42 Å². The van der Waals surface area contributed by atoms with E-state index in [4.69, 9.17) is 0 Å². The molecule has 0 aromatic heterocycles. The van der Waals surface area contributed by atoms with Gasteiger partial charge >= 0.3 is 18.9 Å². The molecule has 154 valence electrons. The van der Waals surface area contributed by atoms with Crippen molar-refractivity contribution in [1.29, 1.82) is 0 Å². The fraction of sp³-hybridized carbons (Fsp3) is 0.0303. The van der Waals surface area contributed by atoms with E-state index >= 15 is 0 Å². The summed E-state index contributed by atoms with van der Waals surface area (Å²) in [6.45, 7) is 0. The minimum atomic E-state index is 0. The molecule has 1 heteroatoms. The Bertz CT molecular complexity index is 1570. The van der Waals surface area contributed by atoms with Gasteiger partial charge in [-0.1, -0.05) is 114 Å². The van der Waals surface area contributed by atoms with E-state index in [1.165, 1.54) is 66.1 Å². The Kier molecular flexibility index (Phi) is 5.15. The molecule has 0 aliphatic heterocycles. The third-order valence-corrected chi connectivity index (χ3v) is 6.96. The summed E-state index contributed by atoms with van der Waals surface area (Å²) in [7, 11) is 0. The third-order valence-electron chi connectivity index (χ3n) is 6.96. The average molecular weight is 424 g/mol. The Morgan fingerprint density at radius 3 is 1.68 bits per heavy atom. The second-order valence-corrected chi connectivity index (χ2v) is 8.95. The van der Waals surface area contributed by atoms with Crippen LogP contribution in [0.3, 0.4) is 0 Å². The summed E-state index contributed by atoms with van der Waals surface area (Å²) in [4.78, 5) is 0. The second-order valence-electron chi connectivity index (χ2n) is 8.95. The van der Waals surface area contributed by atoms with Crippen LogP contribution < -0.4 is 18.9 Å². The van der Waals surface area contributed by atoms with Gasteiger partial charge in [-0.2, -0.15) is 23.8 Å². The molecule has 0 spiro atoms. The fourth-order valence-corrected chi connectivity index (χ4v) is 5.17. The average Bonchev–Trinajstić information content (AvgIpc) is 3.25. The normalized spacial score (nSPS) is 11.8. The molecule has 6 aromatic rings. The third kappa shape index (κ3) is 3.48. The van der Waals surface area contributed by atoms with Crippen LogP contribution in [0.5, 0.6) is 0 Å². The van der Waals surface area contributed by atoms with Crippen LogP contribution >= 0.6 is 0 Å². The Labute approximate surface area is 212 Å². The zero-order valence-corrected chi connectivity index (χ0v) is 19.2. The van der Waals surface area contributed by atoms with E-state index in [2.05, 4.69) is 121 Å². The van der Waals surface area contributed by atoms with Gasteiger partial charge in [0.1, 0.15) is 0 Å². The zero-order chi connectivity index (χ0) is 21.8. The predicted molar refractivity (Wildman–Crippen MR) is 139 cm³/mol. The Morgan fingerprint density at radius 2 is 1.00 bits per heavy atom. The number of rotatable bonds is 2. The molecule has 1 aliphatic carbocycles. The summed E-state index contributed by atoms with van der Waals surface area (Å²) < 4.78 is 0. The zero-order valence-electron chi connectivity index (χ0n) is 19.2. The summed E-state index contributed by atoms with van der Waals surface area (Å²) in [5.41, 5.74) is 10.3. The monoisotopic (exact) mass is 424 g/mol. The number of fused-ring (bicyclic) bond motifs is 5. The first-order valence-electron chi connectivity index (χ1n) is 11.5. The standard InChI is InChI=1S/C33H21.Li/c1-3-7-24-17-26(11-9-22(24)5-1)28-13-15-30-19-31-16-14-29(21-33(31)32(30)20-28)27-12-10-23-6-2-4-8-25(23)18-27;/h1-15,17-18,20-21H,19H2;/q-1;+1. The van der Waals surface area contributed by atoms with Crippen LogP contribution in [0, 0.1) is 6.07 Å². The van der Waals surface area contributed by atoms with Gasteiger partial charge in [0.15, 0.2) is 0 Å². The molecule has 0 atom stereocenters. The van der Waals surface area contributed by atoms with Crippen molar-refractivity contribution in [3.63, 3.8) is 0 Å². The largest absolute Gasteiger partial charge is 1.00 e. The molecular formula is C33H21Li. The van der Waals surface area contributed by atoms with Crippen LogP contribution in [0.2, 0.25) is 0 Å². The SMILES string of the molecule is [Li+].[c-]1cc(-c2ccc3ccccc3c2)cc2c1Cc1ccc(-c3ccc4ccccc4c3)cc1-2. The summed E-state index contributed by atoms with van der Waals surface area (Å²) in [5, 5.41) is 5.11. The van der Waals surface area contributed by atoms with Gasteiger partial charge in [-0.3, -0.25) is 0 Å². The molecule has 0 radical (unpaired) electrons. The number of hydrogen-bond donors (Lipinski definition) is 0. The van der Waals surface area contributed by atoms with Crippen molar-refractivity contribution in [3.05, 3.63) is 132 Å². The maximum atomic E-state index is 3.59. The van der Waals surface area contributed by atoms with Gasteiger partial charge in [-0.25, -0.2) is 0 Å². The minimum Gasteiger partial charge on any atom is -0.179 e. The van der Waals surface area contributed by atoms with Gasteiger partial charge in [-0.05, 0) is 45.2 Å². The first kappa shape index (κ1) is 21.0. The predicted octanol–water partition coefficient (Wildman–Crippen LogP) is 5.70. The molecule has 6 aromatic carbocycles. The minimum absolute atomic E-state index is 0. The van der Waals surface area contributed by atoms with E-state index in [1.807, 2.05) is 0 Å². The first-order valence-corrected chi connectivity index (χ1v) is 11.5. The number of hydrogen-bond acceptors (Lipinski definition) is 0. The fourth-order valence-electron chi connectivity index (χ4n) is 5.17. The van der Waals surface area contributed by atoms with Crippen molar-refractivity contribution in [3.8, 4) is 33.4 Å². The second kappa shape index (κ2) is 8.34. The van der Waals surface area contributed by atoms with Crippen molar-refractivity contribution in [2.24, 2.45) is 0 Å². The molecule has 0 unspecified atom stereocenters. The molecule has 0 nitrogen and oxygen atoms in total. The van der Waals surface area contributed by atoms with Crippen LogP contribution in [0.25, 0.3) is 54.9 Å². The molecule has 0 saturated carbocycles.